The summed E-state index contributed by atoms with van der Waals surface area (Å²) >= 11 is 0. The monoisotopic (exact) mass is 295 g/mol. The second kappa shape index (κ2) is 6.58. The van der Waals surface area contributed by atoms with Gasteiger partial charge in [0, 0.05) is 24.0 Å². The summed E-state index contributed by atoms with van der Waals surface area (Å²) in [5.74, 6) is -0.208. The van der Waals surface area contributed by atoms with Crippen molar-refractivity contribution < 1.29 is 8.81 Å². The third-order valence-electron chi connectivity index (χ3n) is 3.58. The number of para-hydroxylation sites is 1. The summed E-state index contributed by atoms with van der Waals surface area (Å²) in [6, 6.07) is 14.6. The molecule has 0 N–H and O–H groups in total. The fraction of sp³-hybridized carbons (Fsp3) is 0.158. The van der Waals surface area contributed by atoms with Crippen molar-refractivity contribution in [3.63, 3.8) is 0 Å². The predicted octanol–water partition coefficient (Wildman–Crippen LogP) is 4.72. The van der Waals surface area contributed by atoms with Crippen LogP contribution in [0.4, 0.5) is 4.39 Å². The highest BCUT2D eigenvalue weighted by Crippen LogP contribution is 2.21. The molecule has 0 spiro atoms. The third-order valence-corrected chi connectivity index (χ3v) is 3.58. The van der Waals surface area contributed by atoms with E-state index >= 15 is 0 Å². The molecular weight excluding hydrogens is 277 g/mol. The van der Waals surface area contributed by atoms with Crippen LogP contribution < -0.4 is 0 Å². The van der Waals surface area contributed by atoms with E-state index in [-0.39, 0.29) is 5.82 Å². The summed E-state index contributed by atoms with van der Waals surface area (Å²) in [5.41, 5.74) is 2.97. The number of furan rings is 1. The van der Waals surface area contributed by atoms with Crippen LogP contribution in [0.2, 0.25) is 0 Å². The summed E-state index contributed by atoms with van der Waals surface area (Å²) in [7, 11) is 2.05. The Hall–Kier alpha value is -2.39. The van der Waals surface area contributed by atoms with Gasteiger partial charge >= 0.3 is 0 Å². The highest BCUT2D eigenvalue weighted by molar-refractivity contribution is 5.80. The smallest absolute Gasteiger partial charge is 0.134 e. The van der Waals surface area contributed by atoms with E-state index in [4.69, 9.17) is 4.42 Å². The second-order valence-corrected chi connectivity index (χ2v) is 5.41. The molecule has 3 aromatic rings. The van der Waals surface area contributed by atoms with Gasteiger partial charge in [0.25, 0.3) is 0 Å². The molecule has 112 valence electrons. The maximum atomic E-state index is 13.1. The molecule has 0 aliphatic carbocycles. The molecule has 0 unspecified atom stereocenters. The molecule has 3 rings (SSSR count). The number of halogens is 1. The largest absolute Gasteiger partial charge is 0.464 e. The first-order chi connectivity index (χ1) is 10.7. The number of benzene rings is 2. The zero-order valence-corrected chi connectivity index (χ0v) is 12.5. The van der Waals surface area contributed by atoms with E-state index in [1.54, 1.807) is 6.07 Å². The van der Waals surface area contributed by atoms with Crippen LogP contribution in [0.3, 0.4) is 0 Å². The average molecular weight is 295 g/mol. The van der Waals surface area contributed by atoms with Crippen molar-refractivity contribution in [2.45, 2.75) is 6.54 Å². The van der Waals surface area contributed by atoms with Gasteiger partial charge in [-0.3, -0.25) is 4.90 Å². The van der Waals surface area contributed by atoms with Crippen molar-refractivity contribution in [3.05, 3.63) is 77.8 Å². The van der Waals surface area contributed by atoms with E-state index in [0.29, 0.717) is 0 Å². The molecule has 0 radical (unpaired) electrons. The van der Waals surface area contributed by atoms with Gasteiger partial charge in [-0.15, -0.1) is 0 Å². The zero-order valence-electron chi connectivity index (χ0n) is 12.5. The molecule has 0 fully saturated rings. The van der Waals surface area contributed by atoms with Crippen molar-refractivity contribution in [3.8, 4) is 0 Å². The molecule has 2 nitrogen and oxygen atoms in total. The quantitative estimate of drug-likeness (QED) is 0.677. The van der Waals surface area contributed by atoms with Gasteiger partial charge in [0.2, 0.25) is 0 Å². The van der Waals surface area contributed by atoms with E-state index in [2.05, 4.69) is 18.0 Å². The van der Waals surface area contributed by atoms with Crippen LogP contribution in [0.15, 0.2) is 65.3 Å². The molecule has 0 aliphatic heterocycles. The number of rotatable bonds is 5. The summed E-state index contributed by atoms with van der Waals surface area (Å²) < 4.78 is 18.6. The first kappa shape index (κ1) is 14.5. The van der Waals surface area contributed by atoms with Crippen molar-refractivity contribution in [1.82, 2.24) is 4.90 Å². The van der Waals surface area contributed by atoms with E-state index in [0.717, 1.165) is 29.6 Å². The van der Waals surface area contributed by atoms with Gasteiger partial charge in [0.15, 0.2) is 0 Å². The minimum Gasteiger partial charge on any atom is -0.464 e. The number of likely N-dealkylation sites (N-methyl/N-ethyl adjacent to an activating group) is 1. The van der Waals surface area contributed by atoms with Crippen LogP contribution in [0.25, 0.3) is 17.0 Å². The first-order valence-electron chi connectivity index (χ1n) is 7.28. The number of hydrogen-bond acceptors (Lipinski definition) is 2. The van der Waals surface area contributed by atoms with Crippen molar-refractivity contribution in [2.24, 2.45) is 0 Å². The van der Waals surface area contributed by atoms with Crippen LogP contribution >= 0.6 is 0 Å². The lowest BCUT2D eigenvalue weighted by Crippen LogP contribution is -2.17. The van der Waals surface area contributed by atoms with Crippen molar-refractivity contribution in [2.75, 3.05) is 13.6 Å². The molecule has 2 aromatic carbocycles. The first-order valence-corrected chi connectivity index (χ1v) is 7.28. The van der Waals surface area contributed by atoms with Gasteiger partial charge in [-0.05, 0) is 30.8 Å². The minimum absolute atomic E-state index is 0.208. The van der Waals surface area contributed by atoms with Crippen molar-refractivity contribution in [1.29, 1.82) is 0 Å². The molecule has 22 heavy (non-hydrogen) atoms. The fourth-order valence-electron chi connectivity index (χ4n) is 2.49. The topological polar surface area (TPSA) is 16.4 Å². The van der Waals surface area contributed by atoms with Crippen LogP contribution in [-0.4, -0.2) is 18.5 Å². The Labute approximate surface area is 129 Å². The Bertz CT molecular complexity index is 791. The lowest BCUT2D eigenvalue weighted by molar-refractivity contribution is 0.363. The standard InChI is InChI=1S/C19H18FNO/c1-21(11-5-7-15-6-4-8-17(20)12-15)13-16-14-22-19-10-3-2-9-18(16)19/h2-10,12,14H,11,13H2,1H3. The predicted molar refractivity (Wildman–Crippen MR) is 88.0 cm³/mol. The molecule has 1 heterocycles. The van der Waals surface area contributed by atoms with E-state index in [1.807, 2.05) is 42.7 Å². The summed E-state index contributed by atoms with van der Waals surface area (Å²) in [4.78, 5) is 2.19. The van der Waals surface area contributed by atoms with E-state index in [1.165, 1.54) is 17.7 Å². The Kier molecular flexibility index (Phi) is 4.35. The van der Waals surface area contributed by atoms with Crippen molar-refractivity contribution >= 4 is 17.0 Å². The van der Waals surface area contributed by atoms with E-state index < -0.39 is 0 Å². The average Bonchev–Trinajstić information content (AvgIpc) is 2.91. The van der Waals surface area contributed by atoms with Gasteiger partial charge in [-0.2, -0.15) is 0 Å². The molecule has 1 aromatic heterocycles. The van der Waals surface area contributed by atoms with E-state index in [9.17, 15) is 4.39 Å². The molecule has 0 saturated heterocycles. The fourth-order valence-corrected chi connectivity index (χ4v) is 2.49. The molecule has 0 amide bonds. The SMILES string of the molecule is CN(CC=Cc1cccc(F)c1)Cc1coc2ccccc12. The Morgan fingerprint density at radius 1 is 1.14 bits per heavy atom. The lowest BCUT2D eigenvalue weighted by Gasteiger charge is -2.13. The van der Waals surface area contributed by atoms with Crippen LogP contribution in [-0.2, 0) is 6.54 Å². The highest BCUT2D eigenvalue weighted by Gasteiger charge is 2.06. The molecule has 0 bridgehead atoms. The van der Waals surface area contributed by atoms with Crippen LogP contribution in [0, 0.1) is 5.82 Å². The summed E-state index contributed by atoms with van der Waals surface area (Å²) in [5, 5.41) is 1.16. The zero-order chi connectivity index (χ0) is 15.4. The molecule has 0 aliphatic rings. The number of fused-ring (bicyclic) bond motifs is 1. The Morgan fingerprint density at radius 3 is 2.86 bits per heavy atom. The maximum absolute atomic E-state index is 13.1. The van der Waals surface area contributed by atoms with Crippen LogP contribution in [0.1, 0.15) is 11.1 Å². The molecule has 3 heteroatoms. The second-order valence-electron chi connectivity index (χ2n) is 5.41. The minimum atomic E-state index is -0.208. The van der Waals surface area contributed by atoms with Gasteiger partial charge in [-0.25, -0.2) is 4.39 Å². The number of nitrogens with zero attached hydrogens (tertiary/aromatic N) is 1. The molecular formula is C19H18FNO. The third kappa shape index (κ3) is 3.43. The lowest BCUT2D eigenvalue weighted by atomic mass is 10.1. The van der Waals surface area contributed by atoms with Gasteiger partial charge in [-0.1, -0.05) is 42.5 Å². The summed E-state index contributed by atoms with van der Waals surface area (Å²) in [6.07, 6.45) is 5.79. The molecule has 0 saturated carbocycles. The van der Waals surface area contributed by atoms with Gasteiger partial charge in [0.05, 0.1) is 6.26 Å². The van der Waals surface area contributed by atoms with Gasteiger partial charge < -0.3 is 4.42 Å². The highest BCUT2D eigenvalue weighted by atomic mass is 19.1. The maximum Gasteiger partial charge on any atom is 0.134 e. The Morgan fingerprint density at radius 2 is 2.00 bits per heavy atom. The normalized spacial score (nSPS) is 11.8. The number of hydrogen-bond donors (Lipinski definition) is 0. The molecule has 0 atom stereocenters. The van der Waals surface area contributed by atoms with Gasteiger partial charge in [0.1, 0.15) is 11.4 Å². The summed E-state index contributed by atoms with van der Waals surface area (Å²) in [6.45, 7) is 1.60. The van der Waals surface area contributed by atoms with Crippen LogP contribution in [0.5, 0.6) is 0 Å². The Balaban J connectivity index is 1.62.